The number of halogens is 4. The minimum atomic E-state index is -4.39. The fourth-order valence-corrected chi connectivity index (χ4v) is 2.44. The van der Waals surface area contributed by atoms with Gasteiger partial charge in [-0.1, -0.05) is 24.3 Å². The van der Waals surface area contributed by atoms with Crippen molar-refractivity contribution in [3.05, 3.63) is 89.4 Å². The van der Waals surface area contributed by atoms with Crippen molar-refractivity contribution in [3.8, 4) is 11.3 Å². The molecule has 0 spiro atoms. The maximum Gasteiger partial charge on any atom is 0.416 e. The normalized spacial score (nSPS) is 11.3. The van der Waals surface area contributed by atoms with Crippen molar-refractivity contribution in [2.75, 3.05) is 0 Å². The van der Waals surface area contributed by atoms with Crippen LogP contribution in [-0.2, 0) is 12.7 Å². The molecule has 0 aliphatic rings. The van der Waals surface area contributed by atoms with Crippen molar-refractivity contribution in [2.24, 2.45) is 0 Å². The fraction of sp³-hybridized carbons (Fsp3) is 0.100. The van der Waals surface area contributed by atoms with Crippen LogP contribution in [0.4, 0.5) is 17.6 Å². The molecule has 1 aromatic heterocycles. The summed E-state index contributed by atoms with van der Waals surface area (Å²) in [4.78, 5) is 16.3. The number of hydrogen-bond donors (Lipinski definition) is 1. The van der Waals surface area contributed by atoms with E-state index in [0.717, 1.165) is 12.1 Å². The highest BCUT2D eigenvalue weighted by atomic mass is 19.4. The average molecular weight is 374 g/mol. The first kappa shape index (κ1) is 18.6. The highest BCUT2D eigenvalue weighted by Crippen LogP contribution is 2.29. The number of aromatic nitrogens is 1. The lowest BCUT2D eigenvalue weighted by atomic mass is 10.1. The molecule has 0 atom stereocenters. The summed E-state index contributed by atoms with van der Waals surface area (Å²) in [6.07, 6.45) is -3.03. The molecule has 0 saturated carbocycles. The smallest absolute Gasteiger partial charge is 0.348 e. The predicted octanol–water partition coefficient (Wildman–Crippen LogP) is 4.84. The van der Waals surface area contributed by atoms with E-state index in [1.165, 1.54) is 30.5 Å². The van der Waals surface area contributed by atoms with Gasteiger partial charge in [0.1, 0.15) is 5.82 Å². The maximum atomic E-state index is 13.3. The van der Waals surface area contributed by atoms with Gasteiger partial charge in [0.15, 0.2) is 0 Å². The molecule has 0 unspecified atom stereocenters. The molecule has 1 heterocycles. The SMILES string of the molecule is O=C(NCc1ccc(C(F)(F)F)cc1)c1ccc(-c2cccc(F)c2)nc1. The molecule has 1 N–H and O–H groups in total. The van der Waals surface area contributed by atoms with Gasteiger partial charge < -0.3 is 5.32 Å². The Kier molecular flexibility index (Phi) is 5.21. The fourth-order valence-electron chi connectivity index (χ4n) is 2.44. The first-order valence-corrected chi connectivity index (χ1v) is 7.99. The summed E-state index contributed by atoms with van der Waals surface area (Å²) in [6, 6.07) is 13.7. The van der Waals surface area contributed by atoms with Crippen LogP contribution in [0.15, 0.2) is 66.9 Å². The summed E-state index contributed by atoms with van der Waals surface area (Å²) in [7, 11) is 0. The van der Waals surface area contributed by atoms with Crippen LogP contribution in [0.1, 0.15) is 21.5 Å². The summed E-state index contributed by atoms with van der Waals surface area (Å²) in [5.74, 6) is -0.791. The molecule has 1 amide bonds. The van der Waals surface area contributed by atoms with Gasteiger partial charge in [-0.15, -0.1) is 0 Å². The van der Waals surface area contributed by atoms with Crippen LogP contribution in [-0.4, -0.2) is 10.9 Å². The molecule has 3 aromatic rings. The van der Waals surface area contributed by atoms with Gasteiger partial charge in [0.2, 0.25) is 0 Å². The predicted molar refractivity (Wildman–Crippen MR) is 92.2 cm³/mol. The van der Waals surface area contributed by atoms with E-state index >= 15 is 0 Å². The molecule has 138 valence electrons. The van der Waals surface area contributed by atoms with Crippen LogP contribution in [0.3, 0.4) is 0 Å². The molecule has 0 saturated heterocycles. The number of alkyl halides is 3. The first-order chi connectivity index (χ1) is 12.8. The first-order valence-electron chi connectivity index (χ1n) is 7.99. The average Bonchev–Trinajstić information content (AvgIpc) is 2.66. The van der Waals surface area contributed by atoms with Gasteiger partial charge in [0.05, 0.1) is 16.8 Å². The van der Waals surface area contributed by atoms with Crippen molar-refractivity contribution in [1.82, 2.24) is 10.3 Å². The third-order valence-corrected chi connectivity index (χ3v) is 3.88. The topological polar surface area (TPSA) is 42.0 Å². The van der Waals surface area contributed by atoms with Crippen molar-refractivity contribution < 1.29 is 22.4 Å². The van der Waals surface area contributed by atoms with Gasteiger partial charge in [-0.25, -0.2) is 4.39 Å². The molecule has 27 heavy (non-hydrogen) atoms. The Labute approximate surface area is 152 Å². The second kappa shape index (κ2) is 7.57. The number of benzene rings is 2. The van der Waals surface area contributed by atoms with Crippen LogP contribution in [0.5, 0.6) is 0 Å². The molecule has 2 aromatic carbocycles. The third kappa shape index (κ3) is 4.69. The molecule has 3 nitrogen and oxygen atoms in total. The molecule has 0 aliphatic carbocycles. The van der Waals surface area contributed by atoms with Crippen LogP contribution in [0.25, 0.3) is 11.3 Å². The number of nitrogens with one attached hydrogen (secondary N) is 1. The molecule has 0 radical (unpaired) electrons. The lowest BCUT2D eigenvalue weighted by Crippen LogP contribution is -2.23. The van der Waals surface area contributed by atoms with Crippen molar-refractivity contribution in [1.29, 1.82) is 0 Å². The molecule has 0 aliphatic heterocycles. The van der Waals surface area contributed by atoms with Crippen LogP contribution in [0.2, 0.25) is 0 Å². The van der Waals surface area contributed by atoms with Gasteiger partial charge in [-0.05, 0) is 42.0 Å². The van der Waals surface area contributed by atoms with Crippen LogP contribution in [0, 0.1) is 5.82 Å². The van der Waals surface area contributed by atoms with E-state index in [1.807, 2.05) is 0 Å². The van der Waals surface area contributed by atoms with E-state index < -0.39 is 17.6 Å². The molecule has 0 fully saturated rings. The minimum absolute atomic E-state index is 0.0859. The van der Waals surface area contributed by atoms with Gasteiger partial charge in [0.25, 0.3) is 5.91 Å². The maximum absolute atomic E-state index is 13.3. The summed E-state index contributed by atoms with van der Waals surface area (Å²) in [5, 5.41) is 2.62. The van der Waals surface area contributed by atoms with E-state index in [0.29, 0.717) is 22.4 Å². The van der Waals surface area contributed by atoms with E-state index in [1.54, 1.807) is 24.3 Å². The molecule has 0 bridgehead atoms. The highest BCUT2D eigenvalue weighted by Gasteiger charge is 2.29. The Bertz CT molecular complexity index is 935. The Morgan fingerprint density at radius 2 is 1.74 bits per heavy atom. The number of nitrogens with zero attached hydrogens (tertiary/aromatic N) is 1. The summed E-state index contributed by atoms with van der Waals surface area (Å²) >= 11 is 0. The summed E-state index contributed by atoms with van der Waals surface area (Å²) in [6.45, 7) is 0.0859. The zero-order valence-corrected chi connectivity index (χ0v) is 13.9. The van der Waals surface area contributed by atoms with Crippen molar-refractivity contribution in [2.45, 2.75) is 12.7 Å². The largest absolute Gasteiger partial charge is 0.416 e. The minimum Gasteiger partial charge on any atom is -0.348 e. The van der Waals surface area contributed by atoms with Crippen molar-refractivity contribution >= 4 is 5.91 Å². The standard InChI is InChI=1S/C20H14F4N2O/c21-17-3-1-2-14(10-17)18-9-6-15(12-25-18)19(27)26-11-13-4-7-16(8-5-13)20(22,23)24/h1-10,12H,11H2,(H,26,27). The number of hydrogen-bond acceptors (Lipinski definition) is 2. The van der Waals surface area contributed by atoms with E-state index in [9.17, 15) is 22.4 Å². The molecule has 3 rings (SSSR count). The Hall–Kier alpha value is -3.22. The Morgan fingerprint density at radius 3 is 2.33 bits per heavy atom. The monoisotopic (exact) mass is 374 g/mol. The van der Waals surface area contributed by atoms with Crippen molar-refractivity contribution in [3.63, 3.8) is 0 Å². The number of rotatable bonds is 4. The lowest BCUT2D eigenvalue weighted by molar-refractivity contribution is -0.137. The quantitative estimate of drug-likeness (QED) is 0.664. The Morgan fingerprint density at radius 1 is 1.00 bits per heavy atom. The highest BCUT2D eigenvalue weighted by molar-refractivity contribution is 5.94. The zero-order chi connectivity index (χ0) is 19.4. The van der Waals surface area contributed by atoms with Gasteiger partial charge in [-0.3, -0.25) is 9.78 Å². The van der Waals surface area contributed by atoms with E-state index in [-0.39, 0.29) is 12.4 Å². The molecular weight excluding hydrogens is 360 g/mol. The van der Waals surface area contributed by atoms with Crippen LogP contribution < -0.4 is 5.32 Å². The summed E-state index contributed by atoms with van der Waals surface area (Å²) < 4.78 is 50.9. The Balaban J connectivity index is 1.63. The molecule has 7 heteroatoms. The number of pyridine rings is 1. The second-order valence-electron chi connectivity index (χ2n) is 5.82. The summed E-state index contributed by atoms with van der Waals surface area (Å²) in [5.41, 5.74) is 1.21. The van der Waals surface area contributed by atoms with E-state index in [4.69, 9.17) is 0 Å². The number of amides is 1. The number of carbonyl (C=O) groups excluding carboxylic acids is 1. The van der Waals surface area contributed by atoms with Gasteiger partial charge >= 0.3 is 6.18 Å². The zero-order valence-electron chi connectivity index (χ0n) is 13.9. The van der Waals surface area contributed by atoms with Gasteiger partial charge in [-0.2, -0.15) is 13.2 Å². The van der Waals surface area contributed by atoms with E-state index in [2.05, 4.69) is 10.3 Å². The third-order valence-electron chi connectivity index (χ3n) is 3.88. The lowest BCUT2D eigenvalue weighted by Gasteiger charge is -2.09. The van der Waals surface area contributed by atoms with Gasteiger partial charge in [0, 0.05) is 18.3 Å². The molecular formula is C20H14F4N2O. The second-order valence-corrected chi connectivity index (χ2v) is 5.82. The number of carbonyl (C=O) groups is 1. The van der Waals surface area contributed by atoms with Crippen LogP contribution >= 0.6 is 0 Å².